The number of nitro groups is 1. The van der Waals surface area contributed by atoms with Gasteiger partial charge in [0, 0.05) is 17.3 Å². The molecule has 2 aromatic carbocycles. The Labute approximate surface area is 147 Å². The number of ether oxygens (including phenoxy) is 1. The molecule has 6 heteroatoms. The van der Waals surface area contributed by atoms with E-state index in [9.17, 15) is 14.9 Å². The van der Waals surface area contributed by atoms with E-state index in [4.69, 9.17) is 4.74 Å². The number of hydrogen-bond donors (Lipinski definition) is 1. The van der Waals surface area contributed by atoms with E-state index in [1.165, 1.54) is 23.8 Å². The molecule has 2 rings (SSSR count). The van der Waals surface area contributed by atoms with Crippen molar-refractivity contribution in [3.63, 3.8) is 0 Å². The molecule has 132 valence electrons. The predicted molar refractivity (Wildman–Crippen MR) is 97.3 cm³/mol. The molecule has 0 radical (unpaired) electrons. The Morgan fingerprint density at radius 1 is 1.16 bits per heavy atom. The largest absolute Gasteiger partial charge is 0.487 e. The van der Waals surface area contributed by atoms with Crippen molar-refractivity contribution in [2.75, 3.05) is 11.9 Å². The van der Waals surface area contributed by atoms with Gasteiger partial charge in [-0.25, -0.2) is 0 Å². The van der Waals surface area contributed by atoms with E-state index in [1.807, 2.05) is 24.3 Å². The van der Waals surface area contributed by atoms with Crippen molar-refractivity contribution in [3.8, 4) is 5.75 Å². The van der Waals surface area contributed by atoms with Crippen molar-refractivity contribution in [3.05, 3.63) is 63.7 Å². The minimum Gasteiger partial charge on any atom is -0.487 e. The topological polar surface area (TPSA) is 81.5 Å². The number of nitrogens with zero attached hydrogens (tertiary/aromatic N) is 1. The van der Waals surface area contributed by atoms with Gasteiger partial charge in [0.2, 0.25) is 0 Å². The predicted octanol–water partition coefficient (Wildman–Crippen LogP) is 4.59. The molecule has 2 aromatic rings. The minimum absolute atomic E-state index is 0.157. The molecule has 6 nitrogen and oxygen atoms in total. The highest BCUT2D eigenvalue weighted by Gasteiger charge is 2.18. The Morgan fingerprint density at radius 2 is 1.88 bits per heavy atom. The average molecular weight is 342 g/mol. The number of nitrogens with one attached hydrogen (secondary N) is 1. The van der Waals surface area contributed by atoms with Gasteiger partial charge < -0.3 is 10.1 Å². The van der Waals surface area contributed by atoms with E-state index in [0.717, 1.165) is 19.3 Å². The number of anilines is 1. The molecule has 0 atom stereocenters. The van der Waals surface area contributed by atoms with Gasteiger partial charge in [0.25, 0.3) is 5.91 Å². The molecular formula is C19H22N2O4. The third kappa shape index (κ3) is 5.04. The Kier molecular flexibility index (Phi) is 6.51. The molecule has 0 saturated carbocycles. The van der Waals surface area contributed by atoms with Crippen LogP contribution in [0.1, 0.15) is 42.6 Å². The molecule has 0 aliphatic heterocycles. The molecule has 0 saturated heterocycles. The van der Waals surface area contributed by atoms with Gasteiger partial charge in [-0.3, -0.25) is 14.9 Å². The molecule has 0 bridgehead atoms. The lowest BCUT2D eigenvalue weighted by atomic mass is 10.1. The van der Waals surface area contributed by atoms with Gasteiger partial charge in [-0.05, 0) is 49.6 Å². The molecular weight excluding hydrogens is 320 g/mol. The van der Waals surface area contributed by atoms with Crippen LogP contribution >= 0.6 is 0 Å². The molecule has 0 heterocycles. The molecule has 25 heavy (non-hydrogen) atoms. The molecule has 0 aromatic heterocycles. The first-order chi connectivity index (χ1) is 12.0. The number of carbonyl (C=O) groups is 1. The fourth-order valence-electron chi connectivity index (χ4n) is 2.42. The summed E-state index contributed by atoms with van der Waals surface area (Å²) in [5.74, 6) is -0.239. The van der Waals surface area contributed by atoms with Crippen LogP contribution in [0.25, 0.3) is 0 Å². The Bertz CT molecular complexity index is 742. The number of rotatable bonds is 8. The molecule has 0 aliphatic rings. The molecule has 0 fully saturated rings. The van der Waals surface area contributed by atoms with Gasteiger partial charge in [0.05, 0.1) is 11.5 Å². The minimum atomic E-state index is -0.551. The van der Waals surface area contributed by atoms with Gasteiger partial charge in [0.15, 0.2) is 5.75 Å². The SMILES string of the molecule is CCCCc1ccc(NC(=O)c2ccc(OCC)c([N+](=O)[O-])c2)cc1. The van der Waals surface area contributed by atoms with Crippen molar-refractivity contribution in [1.29, 1.82) is 0 Å². The maximum Gasteiger partial charge on any atom is 0.311 e. The van der Waals surface area contributed by atoms with Crippen LogP contribution < -0.4 is 10.1 Å². The first kappa shape index (κ1) is 18.4. The summed E-state index contributed by atoms with van der Waals surface area (Å²) >= 11 is 0. The standard InChI is InChI=1S/C19H22N2O4/c1-3-5-6-14-7-10-16(11-8-14)20-19(22)15-9-12-18(25-4-2)17(13-15)21(23)24/h7-13H,3-6H2,1-2H3,(H,20,22). The lowest BCUT2D eigenvalue weighted by molar-refractivity contribution is -0.385. The summed E-state index contributed by atoms with van der Waals surface area (Å²) in [6.45, 7) is 4.20. The number of nitro benzene ring substituents is 1. The van der Waals surface area contributed by atoms with Crippen LogP contribution in [0.2, 0.25) is 0 Å². The van der Waals surface area contributed by atoms with Crippen molar-refractivity contribution in [2.24, 2.45) is 0 Å². The highest BCUT2D eigenvalue weighted by molar-refractivity contribution is 6.04. The number of amides is 1. The van der Waals surface area contributed by atoms with Crippen molar-refractivity contribution >= 4 is 17.3 Å². The van der Waals surface area contributed by atoms with E-state index in [1.54, 1.807) is 6.92 Å². The lowest BCUT2D eigenvalue weighted by Gasteiger charge is -2.08. The molecule has 0 unspecified atom stereocenters. The second kappa shape index (κ2) is 8.82. The highest BCUT2D eigenvalue weighted by atomic mass is 16.6. The zero-order valence-corrected chi connectivity index (χ0v) is 14.5. The zero-order chi connectivity index (χ0) is 18.2. The second-order valence-corrected chi connectivity index (χ2v) is 5.63. The monoisotopic (exact) mass is 342 g/mol. The lowest BCUT2D eigenvalue weighted by Crippen LogP contribution is -2.12. The van der Waals surface area contributed by atoms with Gasteiger partial charge in [-0.2, -0.15) is 0 Å². The van der Waals surface area contributed by atoms with Crippen molar-refractivity contribution < 1.29 is 14.5 Å². The van der Waals surface area contributed by atoms with Crippen LogP contribution in [-0.2, 0) is 6.42 Å². The Morgan fingerprint density at radius 3 is 2.48 bits per heavy atom. The van der Waals surface area contributed by atoms with Crippen LogP contribution in [0.4, 0.5) is 11.4 Å². The molecule has 1 amide bonds. The summed E-state index contributed by atoms with van der Waals surface area (Å²) in [5, 5.41) is 13.9. The maximum atomic E-state index is 12.3. The maximum absolute atomic E-state index is 12.3. The summed E-state index contributed by atoms with van der Waals surface area (Å²) in [6, 6.07) is 11.8. The van der Waals surface area contributed by atoms with Gasteiger partial charge in [0.1, 0.15) is 0 Å². The summed E-state index contributed by atoms with van der Waals surface area (Å²) in [6.07, 6.45) is 3.27. The Balaban J connectivity index is 2.12. The summed E-state index contributed by atoms with van der Waals surface area (Å²) in [5.41, 5.74) is 1.87. The number of aryl methyl sites for hydroxylation is 1. The average Bonchev–Trinajstić information content (AvgIpc) is 2.61. The summed E-state index contributed by atoms with van der Waals surface area (Å²) in [7, 11) is 0. The zero-order valence-electron chi connectivity index (χ0n) is 14.5. The normalized spacial score (nSPS) is 10.3. The smallest absolute Gasteiger partial charge is 0.311 e. The third-order valence-corrected chi connectivity index (χ3v) is 3.75. The first-order valence-electron chi connectivity index (χ1n) is 8.36. The van der Waals surface area contributed by atoms with E-state index < -0.39 is 10.8 Å². The number of carbonyl (C=O) groups excluding carboxylic acids is 1. The van der Waals surface area contributed by atoms with Gasteiger partial charge in [-0.15, -0.1) is 0 Å². The van der Waals surface area contributed by atoms with Gasteiger partial charge in [-0.1, -0.05) is 25.5 Å². The van der Waals surface area contributed by atoms with E-state index in [-0.39, 0.29) is 17.0 Å². The number of hydrogen-bond acceptors (Lipinski definition) is 4. The van der Waals surface area contributed by atoms with E-state index >= 15 is 0 Å². The van der Waals surface area contributed by atoms with E-state index in [2.05, 4.69) is 12.2 Å². The highest BCUT2D eigenvalue weighted by Crippen LogP contribution is 2.28. The molecule has 0 aliphatic carbocycles. The first-order valence-corrected chi connectivity index (χ1v) is 8.36. The van der Waals surface area contributed by atoms with Gasteiger partial charge >= 0.3 is 5.69 Å². The van der Waals surface area contributed by atoms with Crippen LogP contribution in [0, 0.1) is 10.1 Å². The van der Waals surface area contributed by atoms with Crippen LogP contribution in [0.3, 0.4) is 0 Å². The molecule has 1 N–H and O–H groups in total. The van der Waals surface area contributed by atoms with Crippen LogP contribution in [0.5, 0.6) is 5.75 Å². The summed E-state index contributed by atoms with van der Waals surface area (Å²) < 4.78 is 5.22. The summed E-state index contributed by atoms with van der Waals surface area (Å²) in [4.78, 5) is 22.9. The van der Waals surface area contributed by atoms with Crippen molar-refractivity contribution in [2.45, 2.75) is 33.1 Å². The third-order valence-electron chi connectivity index (χ3n) is 3.75. The fraction of sp³-hybridized carbons (Fsp3) is 0.316. The fourth-order valence-corrected chi connectivity index (χ4v) is 2.42. The number of unbranched alkanes of at least 4 members (excludes halogenated alkanes) is 1. The van der Waals surface area contributed by atoms with E-state index in [0.29, 0.717) is 12.3 Å². The molecule has 0 spiro atoms. The Hall–Kier alpha value is -2.89. The number of benzene rings is 2. The van der Waals surface area contributed by atoms with Crippen molar-refractivity contribution in [1.82, 2.24) is 0 Å². The van der Waals surface area contributed by atoms with Crippen LogP contribution in [-0.4, -0.2) is 17.4 Å². The second-order valence-electron chi connectivity index (χ2n) is 5.63. The van der Waals surface area contributed by atoms with Crippen LogP contribution in [0.15, 0.2) is 42.5 Å². The quantitative estimate of drug-likeness (QED) is 0.562.